The fourth-order valence-electron chi connectivity index (χ4n) is 3.76. The van der Waals surface area contributed by atoms with E-state index in [0.29, 0.717) is 0 Å². The number of para-hydroxylation sites is 4. The van der Waals surface area contributed by atoms with Gasteiger partial charge in [-0.1, -0.05) is 97.1 Å². The third kappa shape index (κ3) is 5.75. The molecular formula is C32H26N4. The maximum atomic E-state index is 4.78. The van der Waals surface area contributed by atoms with E-state index in [9.17, 15) is 0 Å². The summed E-state index contributed by atoms with van der Waals surface area (Å²) in [6, 6.07) is 48.8. The van der Waals surface area contributed by atoms with E-state index in [0.717, 1.165) is 33.9 Å². The van der Waals surface area contributed by atoms with Crippen LogP contribution in [0.2, 0.25) is 0 Å². The number of nitrogens with zero attached hydrogens (tertiary/aromatic N) is 4. The Hall–Kier alpha value is -4.96. The van der Waals surface area contributed by atoms with Crippen LogP contribution in [0.3, 0.4) is 0 Å². The molecule has 0 aliphatic rings. The summed E-state index contributed by atoms with van der Waals surface area (Å²) in [4.78, 5) is 0. The van der Waals surface area contributed by atoms with Gasteiger partial charge >= 0.3 is 0 Å². The largest absolute Gasteiger partial charge is 0.234 e. The predicted molar refractivity (Wildman–Crippen MR) is 152 cm³/mol. The Balaban J connectivity index is 1.36. The van der Waals surface area contributed by atoms with Crippen LogP contribution in [0, 0.1) is 0 Å². The Morgan fingerprint density at radius 3 is 0.833 bits per heavy atom. The van der Waals surface area contributed by atoms with Gasteiger partial charge in [0.1, 0.15) is 0 Å². The summed E-state index contributed by atoms with van der Waals surface area (Å²) < 4.78 is 0. The van der Waals surface area contributed by atoms with Crippen molar-refractivity contribution in [2.75, 3.05) is 10.0 Å². The SMILES string of the molecule is C(=N\N(c1ccccc1)c1ccccc1)/c1ccc(/C=N/N(c2ccccc2)c2ccccc2)cc1. The lowest BCUT2D eigenvalue weighted by Gasteiger charge is -2.19. The topological polar surface area (TPSA) is 31.2 Å². The van der Waals surface area contributed by atoms with E-state index in [1.807, 2.05) is 120 Å². The molecular weight excluding hydrogens is 440 g/mol. The molecule has 0 aliphatic carbocycles. The Labute approximate surface area is 212 Å². The van der Waals surface area contributed by atoms with Crippen LogP contribution in [0.15, 0.2) is 156 Å². The lowest BCUT2D eigenvalue weighted by molar-refractivity contribution is 1.09. The van der Waals surface area contributed by atoms with Gasteiger partial charge in [0.15, 0.2) is 0 Å². The number of hydrazone groups is 2. The van der Waals surface area contributed by atoms with Crippen LogP contribution >= 0.6 is 0 Å². The highest BCUT2D eigenvalue weighted by Gasteiger charge is 2.07. The van der Waals surface area contributed by atoms with E-state index in [4.69, 9.17) is 10.2 Å². The molecule has 0 N–H and O–H groups in total. The molecule has 0 fully saturated rings. The molecule has 5 aromatic carbocycles. The quantitative estimate of drug-likeness (QED) is 0.171. The first-order chi connectivity index (χ1) is 17.9. The number of anilines is 4. The zero-order valence-electron chi connectivity index (χ0n) is 19.8. The maximum Gasteiger partial charge on any atom is 0.0652 e. The molecule has 0 radical (unpaired) electrons. The van der Waals surface area contributed by atoms with Crippen LogP contribution in [0.4, 0.5) is 22.7 Å². The highest BCUT2D eigenvalue weighted by Crippen LogP contribution is 2.26. The van der Waals surface area contributed by atoms with Gasteiger partial charge in [0.2, 0.25) is 0 Å². The Morgan fingerprint density at radius 1 is 0.333 bits per heavy atom. The molecule has 5 rings (SSSR count). The maximum absolute atomic E-state index is 4.78. The predicted octanol–water partition coefficient (Wildman–Crippen LogP) is 8.03. The first-order valence-electron chi connectivity index (χ1n) is 11.9. The van der Waals surface area contributed by atoms with Crippen LogP contribution < -0.4 is 10.0 Å². The number of hydrogen-bond donors (Lipinski definition) is 0. The molecule has 0 saturated heterocycles. The molecule has 174 valence electrons. The van der Waals surface area contributed by atoms with Gasteiger partial charge in [-0.05, 0) is 59.7 Å². The van der Waals surface area contributed by atoms with Gasteiger partial charge in [0.25, 0.3) is 0 Å². The Bertz CT molecular complexity index is 1210. The van der Waals surface area contributed by atoms with E-state index in [1.54, 1.807) is 0 Å². The molecule has 0 spiro atoms. The summed E-state index contributed by atoms with van der Waals surface area (Å²) >= 11 is 0. The van der Waals surface area contributed by atoms with Crippen molar-refractivity contribution in [1.82, 2.24) is 0 Å². The molecule has 0 bridgehead atoms. The summed E-state index contributed by atoms with van der Waals surface area (Å²) in [6.45, 7) is 0. The second kappa shape index (κ2) is 11.4. The number of benzene rings is 5. The highest BCUT2D eigenvalue weighted by atomic mass is 15.5. The third-order valence-electron chi connectivity index (χ3n) is 5.58. The minimum atomic E-state index is 1.01. The fraction of sp³-hybridized carbons (Fsp3) is 0. The van der Waals surface area contributed by atoms with Gasteiger partial charge in [0.05, 0.1) is 35.2 Å². The van der Waals surface area contributed by atoms with E-state index in [2.05, 4.69) is 48.5 Å². The zero-order chi connectivity index (χ0) is 24.4. The minimum absolute atomic E-state index is 1.01. The van der Waals surface area contributed by atoms with Crippen LogP contribution in [-0.2, 0) is 0 Å². The van der Waals surface area contributed by atoms with E-state index in [-0.39, 0.29) is 0 Å². The molecule has 5 aromatic rings. The van der Waals surface area contributed by atoms with E-state index in [1.165, 1.54) is 0 Å². The second-order valence-corrected chi connectivity index (χ2v) is 8.12. The average Bonchev–Trinajstić information content (AvgIpc) is 2.96. The Kier molecular flexibility index (Phi) is 7.26. The molecule has 0 aliphatic heterocycles. The van der Waals surface area contributed by atoms with Crippen molar-refractivity contribution in [1.29, 1.82) is 0 Å². The zero-order valence-corrected chi connectivity index (χ0v) is 19.8. The van der Waals surface area contributed by atoms with E-state index >= 15 is 0 Å². The van der Waals surface area contributed by atoms with Crippen molar-refractivity contribution in [2.45, 2.75) is 0 Å². The minimum Gasteiger partial charge on any atom is -0.234 e. The van der Waals surface area contributed by atoms with Crippen molar-refractivity contribution in [3.63, 3.8) is 0 Å². The third-order valence-corrected chi connectivity index (χ3v) is 5.58. The lowest BCUT2D eigenvalue weighted by atomic mass is 10.2. The summed E-state index contributed by atoms with van der Waals surface area (Å²) in [5.74, 6) is 0. The molecule has 0 unspecified atom stereocenters. The monoisotopic (exact) mass is 466 g/mol. The molecule has 0 aromatic heterocycles. The highest BCUT2D eigenvalue weighted by molar-refractivity contribution is 5.86. The van der Waals surface area contributed by atoms with Gasteiger partial charge in [-0.2, -0.15) is 10.2 Å². The van der Waals surface area contributed by atoms with Gasteiger partial charge < -0.3 is 0 Å². The first kappa shape index (κ1) is 22.8. The standard InChI is InChI=1S/C32H26N4/c1-5-13-29(14-6-1)35(30-15-7-2-8-16-30)33-25-27-21-23-28(24-22-27)26-34-36(31-17-9-3-10-18-31)32-19-11-4-12-20-32/h1-26H/b33-25+,34-26+. The van der Waals surface area contributed by atoms with Crippen molar-refractivity contribution >= 4 is 35.2 Å². The van der Waals surface area contributed by atoms with Crippen LogP contribution in [0.25, 0.3) is 0 Å². The number of hydrogen-bond acceptors (Lipinski definition) is 4. The van der Waals surface area contributed by atoms with Gasteiger partial charge in [-0.25, -0.2) is 10.0 Å². The Morgan fingerprint density at radius 2 is 0.583 bits per heavy atom. The first-order valence-corrected chi connectivity index (χ1v) is 11.9. The van der Waals surface area contributed by atoms with Crippen LogP contribution in [-0.4, -0.2) is 12.4 Å². The van der Waals surface area contributed by atoms with Crippen LogP contribution in [0.1, 0.15) is 11.1 Å². The molecule has 4 heteroatoms. The van der Waals surface area contributed by atoms with E-state index < -0.39 is 0 Å². The molecule has 0 saturated carbocycles. The average molecular weight is 467 g/mol. The van der Waals surface area contributed by atoms with Gasteiger partial charge in [-0.3, -0.25) is 0 Å². The smallest absolute Gasteiger partial charge is 0.0652 e. The van der Waals surface area contributed by atoms with Crippen molar-refractivity contribution < 1.29 is 0 Å². The van der Waals surface area contributed by atoms with Crippen molar-refractivity contribution in [3.05, 3.63) is 157 Å². The molecule has 0 heterocycles. The molecule has 0 amide bonds. The van der Waals surface area contributed by atoms with Crippen molar-refractivity contribution in [3.8, 4) is 0 Å². The summed E-state index contributed by atoms with van der Waals surface area (Å²) in [5, 5.41) is 13.4. The fourth-order valence-corrected chi connectivity index (χ4v) is 3.76. The summed E-state index contributed by atoms with van der Waals surface area (Å²) in [6.07, 6.45) is 3.75. The lowest BCUT2D eigenvalue weighted by Crippen LogP contribution is -2.09. The summed E-state index contributed by atoms with van der Waals surface area (Å²) in [7, 11) is 0. The molecule has 4 nitrogen and oxygen atoms in total. The normalized spacial score (nSPS) is 11.1. The molecule has 36 heavy (non-hydrogen) atoms. The summed E-state index contributed by atoms with van der Waals surface area (Å²) in [5.41, 5.74) is 6.03. The van der Waals surface area contributed by atoms with Gasteiger partial charge in [0, 0.05) is 0 Å². The van der Waals surface area contributed by atoms with Crippen molar-refractivity contribution in [2.24, 2.45) is 10.2 Å². The molecule has 0 atom stereocenters. The second-order valence-electron chi connectivity index (χ2n) is 8.12. The number of rotatable bonds is 8. The van der Waals surface area contributed by atoms with Crippen LogP contribution in [0.5, 0.6) is 0 Å². The van der Waals surface area contributed by atoms with Gasteiger partial charge in [-0.15, -0.1) is 0 Å².